The molecule has 1 saturated heterocycles. The lowest BCUT2D eigenvalue weighted by atomic mass is 9.94. The SMILES string of the molecule is CN=C(NCCCN(C)C1CCCCC1)NCC1CCCO1. The summed E-state index contributed by atoms with van der Waals surface area (Å²) in [4.78, 5) is 6.83. The van der Waals surface area contributed by atoms with Gasteiger partial charge in [-0.05, 0) is 45.7 Å². The van der Waals surface area contributed by atoms with Crippen molar-refractivity contribution in [1.82, 2.24) is 15.5 Å². The highest BCUT2D eigenvalue weighted by molar-refractivity contribution is 5.79. The summed E-state index contributed by atoms with van der Waals surface area (Å²) in [6.07, 6.45) is 10.9. The maximum absolute atomic E-state index is 5.62. The average Bonchev–Trinajstić information content (AvgIpc) is 3.08. The third-order valence-electron chi connectivity index (χ3n) is 4.92. The van der Waals surface area contributed by atoms with E-state index in [2.05, 4.69) is 27.6 Å². The second-order valence-electron chi connectivity index (χ2n) is 6.64. The summed E-state index contributed by atoms with van der Waals surface area (Å²) in [5, 5.41) is 6.77. The quantitative estimate of drug-likeness (QED) is 0.429. The Morgan fingerprint density at radius 1 is 1.14 bits per heavy atom. The molecule has 0 spiro atoms. The molecule has 0 radical (unpaired) electrons. The van der Waals surface area contributed by atoms with E-state index in [4.69, 9.17) is 4.74 Å². The van der Waals surface area contributed by atoms with Crippen molar-refractivity contribution in [3.63, 3.8) is 0 Å². The van der Waals surface area contributed by atoms with Gasteiger partial charge in [0.1, 0.15) is 0 Å². The van der Waals surface area contributed by atoms with E-state index in [9.17, 15) is 0 Å². The standard InChI is InChI=1S/C17H34N4O/c1-18-17(20-14-16-10-6-13-22-16)19-11-7-12-21(2)15-8-4-3-5-9-15/h15-16H,3-14H2,1-2H3,(H2,18,19,20). The van der Waals surface area contributed by atoms with Gasteiger partial charge >= 0.3 is 0 Å². The first kappa shape index (κ1) is 17.5. The van der Waals surface area contributed by atoms with Gasteiger partial charge in [-0.2, -0.15) is 0 Å². The molecular formula is C17H34N4O. The van der Waals surface area contributed by atoms with Crippen LogP contribution >= 0.6 is 0 Å². The Labute approximate surface area is 135 Å². The number of hydrogen-bond acceptors (Lipinski definition) is 3. The lowest BCUT2D eigenvalue weighted by Crippen LogP contribution is -2.42. The van der Waals surface area contributed by atoms with Crippen molar-refractivity contribution in [3.8, 4) is 0 Å². The molecule has 1 aliphatic heterocycles. The van der Waals surface area contributed by atoms with Crippen LogP contribution in [0.2, 0.25) is 0 Å². The molecule has 0 aromatic rings. The highest BCUT2D eigenvalue weighted by Gasteiger charge is 2.17. The van der Waals surface area contributed by atoms with E-state index < -0.39 is 0 Å². The monoisotopic (exact) mass is 310 g/mol. The number of ether oxygens (including phenoxy) is 1. The first-order valence-electron chi connectivity index (χ1n) is 9.06. The molecule has 1 aliphatic carbocycles. The first-order chi connectivity index (χ1) is 10.8. The summed E-state index contributed by atoms with van der Waals surface area (Å²) < 4.78 is 5.62. The van der Waals surface area contributed by atoms with Crippen molar-refractivity contribution in [2.24, 2.45) is 4.99 Å². The molecule has 1 saturated carbocycles. The van der Waals surface area contributed by atoms with E-state index in [0.29, 0.717) is 6.10 Å². The normalized spacial score (nSPS) is 24.0. The molecule has 2 fully saturated rings. The molecule has 2 N–H and O–H groups in total. The molecule has 1 unspecified atom stereocenters. The smallest absolute Gasteiger partial charge is 0.191 e. The molecule has 0 amide bonds. The molecule has 128 valence electrons. The van der Waals surface area contributed by atoms with Gasteiger partial charge in [-0.25, -0.2) is 0 Å². The predicted octanol–water partition coefficient (Wildman–Crippen LogP) is 1.98. The van der Waals surface area contributed by atoms with Gasteiger partial charge < -0.3 is 20.3 Å². The number of guanidine groups is 1. The second-order valence-corrected chi connectivity index (χ2v) is 6.64. The van der Waals surface area contributed by atoms with Crippen LogP contribution in [0, 0.1) is 0 Å². The Kier molecular flexibility index (Phi) is 8.02. The van der Waals surface area contributed by atoms with Crippen LogP contribution in [0.5, 0.6) is 0 Å². The van der Waals surface area contributed by atoms with Gasteiger partial charge in [0.05, 0.1) is 6.10 Å². The van der Waals surface area contributed by atoms with E-state index >= 15 is 0 Å². The second kappa shape index (κ2) is 10.1. The topological polar surface area (TPSA) is 48.9 Å². The van der Waals surface area contributed by atoms with Crippen molar-refractivity contribution in [3.05, 3.63) is 0 Å². The molecule has 0 bridgehead atoms. The van der Waals surface area contributed by atoms with E-state index in [1.54, 1.807) is 0 Å². The van der Waals surface area contributed by atoms with Crippen molar-refractivity contribution >= 4 is 5.96 Å². The van der Waals surface area contributed by atoms with Gasteiger partial charge in [0.2, 0.25) is 0 Å². The number of aliphatic imine (C=N–C) groups is 1. The van der Waals surface area contributed by atoms with Gasteiger partial charge in [-0.3, -0.25) is 4.99 Å². The average molecular weight is 310 g/mol. The Bertz CT molecular complexity index is 323. The summed E-state index contributed by atoms with van der Waals surface area (Å²) in [5.41, 5.74) is 0. The van der Waals surface area contributed by atoms with Gasteiger partial charge in [0, 0.05) is 32.8 Å². The number of nitrogens with zero attached hydrogens (tertiary/aromatic N) is 2. The summed E-state index contributed by atoms with van der Waals surface area (Å²) in [6, 6.07) is 0.811. The van der Waals surface area contributed by atoms with Crippen molar-refractivity contribution in [2.45, 2.75) is 63.5 Å². The minimum Gasteiger partial charge on any atom is -0.376 e. The third-order valence-corrected chi connectivity index (χ3v) is 4.92. The molecule has 5 nitrogen and oxygen atoms in total. The minimum atomic E-state index is 0.357. The van der Waals surface area contributed by atoms with E-state index in [1.165, 1.54) is 45.1 Å². The van der Waals surface area contributed by atoms with Gasteiger partial charge in [-0.15, -0.1) is 0 Å². The number of rotatable bonds is 7. The Hall–Kier alpha value is -0.810. The molecule has 1 heterocycles. The summed E-state index contributed by atoms with van der Waals surface area (Å²) in [7, 11) is 4.11. The Morgan fingerprint density at radius 3 is 2.64 bits per heavy atom. The van der Waals surface area contributed by atoms with Crippen LogP contribution in [-0.4, -0.2) is 63.3 Å². The minimum absolute atomic E-state index is 0.357. The van der Waals surface area contributed by atoms with Crippen LogP contribution in [0.3, 0.4) is 0 Å². The van der Waals surface area contributed by atoms with Crippen LogP contribution in [0.1, 0.15) is 51.4 Å². The highest BCUT2D eigenvalue weighted by atomic mass is 16.5. The summed E-state index contributed by atoms with van der Waals surface area (Å²) >= 11 is 0. The van der Waals surface area contributed by atoms with Gasteiger partial charge in [0.25, 0.3) is 0 Å². The summed E-state index contributed by atoms with van der Waals surface area (Å²) in [5.74, 6) is 0.899. The Balaban J connectivity index is 1.53. The van der Waals surface area contributed by atoms with Crippen molar-refractivity contribution in [1.29, 1.82) is 0 Å². The van der Waals surface area contributed by atoms with Crippen molar-refractivity contribution < 1.29 is 4.74 Å². The molecule has 0 aromatic heterocycles. The van der Waals surface area contributed by atoms with Crippen LogP contribution in [0.15, 0.2) is 4.99 Å². The lowest BCUT2D eigenvalue weighted by molar-refractivity contribution is 0.114. The van der Waals surface area contributed by atoms with Crippen LogP contribution < -0.4 is 10.6 Å². The highest BCUT2D eigenvalue weighted by Crippen LogP contribution is 2.21. The van der Waals surface area contributed by atoms with Crippen LogP contribution in [-0.2, 0) is 4.74 Å². The van der Waals surface area contributed by atoms with Gasteiger partial charge in [0.15, 0.2) is 5.96 Å². The molecule has 22 heavy (non-hydrogen) atoms. The lowest BCUT2D eigenvalue weighted by Gasteiger charge is -2.31. The molecule has 2 rings (SSSR count). The maximum Gasteiger partial charge on any atom is 0.191 e. The third kappa shape index (κ3) is 6.13. The Morgan fingerprint density at radius 2 is 1.95 bits per heavy atom. The molecule has 2 aliphatic rings. The molecular weight excluding hydrogens is 276 g/mol. The first-order valence-corrected chi connectivity index (χ1v) is 9.06. The fraction of sp³-hybridized carbons (Fsp3) is 0.941. The predicted molar refractivity (Wildman–Crippen MR) is 92.5 cm³/mol. The summed E-state index contributed by atoms with van der Waals surface area (Å²) in [6.45, 7) is 3.91. The van der Waals surface area contributed by atoms with E-state index in [1.807, 2.05) is 7.05 Å². The zero-order chi connectivity index (χ0) is 15.6. The zero-order valence-electron chi connectivity index (χ0n) is 14.4. The molecule has 5 heteroatoms. The van der Waals surface area contributed by atoms with E-state index in [-0.39, 0.29) is 0 Å². The van der Waals surface area contributed by atoms with Crippen LogP contribution in [0.4, 0.5) is 0 Å². The molecule has 0 aromatic carbocycles. The van der Waals surface area contributed by atoms with E-state index in [0.717, 1.165) is 44.5 Å². The van der Waals surface area contributed by atoms with Gasteiger partial charge in [-0.1, -0.05) is 19.3 Å². The fourth-order valence-electron chi connectivity index (χ4n) is 3.48. The zero-order valence-corrected chi connectivity index (χ0v) is 14.4. The van der Waals surface area contributed by atoms with Crippen LogP contribution in [0.25, 0.3) is 0 Å². The fourth-order valence-corrected chi connectivity index (χ4v) is 3.48. The molecule has 1 atom stereocenters. The number of nitrogens with one attached hydrogen (secondary N) is 2. The van der Waals surface area contributed by atoms with Crippen molar-refractivity contribution in [2.75, 3.05) is 40.3 Å². The largest absolute Gasteiger partial charge is 0.376 e. The number of hydrogen-bond donors (Lipinski definition) is 2. The maximum atomic E-state index is 5.62.